The van der Waals surface area contributed by atoms with Gasteiger partial charge in [-0.3, -0.25) is 9.48 Å². The lowest BCUT2D eigenvalue weighted by Crippen LogP contribution is -2.10. The number of aromatic nitrogens is 2. The number of nitrogen functional groups attached to an aromatic ring is 1. The molecule has 4 nitrogen and oxygen atoms in total. The number of nitrogens with zero attached hydrogens (tertiary/aromatic N) is 2. The van der Waals surface area contributed by atoms with Crippen LogP contribution in [0, 0.1) is 6.92 Å². The summed E-state index contributed by atoms with van der Waals surface area (Å²) in [6.45, 7) is 4.71. The summed E-state index contributed by atoms with van der Waals surface area (Å²) in [4.78, 5) is 12.3. The lowest BCUT2D eigenvalue weighted by Gasteiger charge is -2.05. The maximum atomic E-state index is 12.3. The first-order valence-corrected chi connectivity index (χ1v) is 6.92. The van der Waals surface area contributed by atoms with Crippen molar-refractivity contribution in [3.05, 3.63) is 45.7 Å². The summed E-state index contributed by atoms with van der Waals surface area (Å²) in [5, 5.41) is 4.34. The standard InChI is InChI=1S/C14H16BrN3O/c1-3-18-11(6-9(2)17-18)8-14(19)10-4-5-13(16)12(15)7-10/h4-7H,3,8,16H2,1-2H3. The predicted molar refractivity (Wildman–Crippen MR) is 79.2 cm³/mol. The average Bonchev–Trinajstić information content (AvgIpc) is 2.72. The highest BCUT2D eigenvalue weighted by Crippen LogP contribution is 2.21. The molecule has 5 heteroatoms. The molecule has 1 heterocycles. The highest BCUT2D eigenvalue weighted by Gasteiger charge is 2.12. The molecule has 0 amide bonds. The van der Waals surface area contributed by atoms with Gasteiger partial charge in [0.15, 0.2) is 5.78 Å². The molecule has 0 radical (unpaired) electrons. The molecular formula is C14H16BrN3O. The van der Waals surface area contributed by atoms with Crippen LogP contribution in [0.15, 0.2) is 28.7 Å². The Morgan fingerprint density at radius 1 is 1.42 bits per heavy atom. The van der Waals surface area contributed by atoms with Gasteiger partial charge in [0.25, 0.3) is 0 Å². The van der Waals surface area contributed by atoms with Gasteiger partial charge in [0.2, 0.25) is 0 Å². The number of nitrogens with two attached hydrogens (primary N) is 1. The number of rotatable bonds is 4. The molecular weight excluding hydrogens is 306 g/mol. The monoisotopic (exact) mass is 321 g/mol. The number of hydrogen-bond donors (Lipinski definition) is 1. The van der Waals surface area contributed by atoms with Crippen molar-refractivity contribution in [2.75, 3.05) is 5.73 Å². The van der Waals surface area contributed by atoms with Crippen molar-refractivity contribution in [1.29, 1.82) is 0 Å². The van der Waals surface area contributed by atoms with Gasteiger partial charge in [0.05, 0.1) is 12.1 Å². The molecule has 2 aromatic rings. The van der Waals surface area contributed by atoms with Gasteiger partial charge in [-0.15, -0.1) is 0 Å². The van der Waals surface area contributed by atoms with Gasteiger partial charge < -0.3 is 5.73 Å². The zero-order valence-electron chi connectivity index (χ0n) is 11.0. The molecule has 0 unspecified atom stereocenters. The van der Waals surface area contributed by atoms with Crippen LogP contribution in [0.3, 0.4) is 0 Å². The highest BCUT2D eigenvalue weighted by molar-refractivity contribution is 9.10. The molecule has 0 atom stereocenters. The van der Waals surface area contributed by atoms with Crippen LogP contribution in [0.5, 0.6) is 0 Å². The normalized spacial score (nSPS) is 10.7. The largest absolute Gasteiger partial charge is 0.398 e. The number of aryl methyl sites for hydroxylation is 2. The summed E-state index contributed by atoms with van der Waals surface area (Å²) >= 11 is 3.34. The summed E-state index contributed by atoms with van der Waals surface area (Å²) in [5.74, 6) is 0.0651. The fraction of sp³-hybridized carbons (Fsp3) is 0.286. The van der Waals surface area contributed by atoms with E-state index in [1.165, 1.54) is 0 Å². The van der Waals surface area contributed by atoms with Gasteiger partial charge in [-0.2, -0.15) is 5.10 Å². The van der Waals surface area contributed by atoms with Crippen LogP contribution >= 0.6 is 15.9 Å². The van der Waals surface area contributed by atoms with Crippen LogP contribution in [0.25, 0.3) is 0 Å². The van der Waals surface area contributed by atoms with Crippen molar-refractivity contribution in [2.24, 2.45) is 0 Å². The molecule has 19 heavy (non-hydrogen) atoms. The van der Waals surface area contributed by atoms with Crippen molar-refractivity contribution in [3.63, 3.8) is 0 Å². The second-order valence-corrected chi connectivity index (χ2v) is 5.28. The maximum absolute atomic E-state index is 12.3. The Morgan fingerprint density at radius 3 is 2.79 bits per heavy atom. The molecule has 0 aliphatic rings. The maximum Gasteiger partial charge on any atom is 0.168 e. The van der Waals surface area contributed by atoms with Crippen LogP contribution in [0.1, 0.15) is 28.7 Å². The van der Waals surface area contributed by atoms with Crippen LogP contribution < -0.4 is 5.73 Å². The molecule has 2 N–H and O–H groups in total. The number of anilines is 1. The van der Waals surface area contributed by atoms with Gasteiger partial charge in [0.1, 0.15) is 0 Å². The summed E-state index contributed by atoms with van der Waals surface area (Å²) < 4.78 is 2.61. The Bertz CT molecular complexity index is 619. The van der Waals surface area contributed by atoms with E-state index in [0.29, 0.717) is 17.7 Å². The zero-order valence-corrected chi connectivity index (χ0v) is 12.6. The number of carbonyl (C=O) groups excluding carboxylic acids is 1. The minimum atomic E-state index is 0.0651. The zero-order chi connectivity index (χ0) is 14.0. The van der Waals surface area contributed by atoms with Crippen LogP contribution in [0.2, 0.25) is 0 Å². The first-order chi connectivity index (χ1) is 9.01. The van der Waals surface area contributed by atoms with E-state index in [2.05, 4.69) is 21.0 Å². The summed E-state index contributed by atoms with van der Waals surface area (Å²) in [5.41, 5.74) is 8.88. The first-order valence-electron chi connectivity index (χ1n) is 6.12. The van der Waals surface area contributed by atoms with Gasteiger partial charge in [-0.1, -0.05) is 0 Å². The van der Waals surface area contributed by atoms with Crippen molar-refractivity contribution in [3.8, 4) is 0 Å². The van der Waals surface area contributed by atoms with E-state index >= 15 is 0 Å². The number of Topliss-reactive ketones (excluding diaryl/α,β-unsaturated/α-hetero) is 1. The number of hydrogen-bond acceptors (Lipinski definition) is 3. The van der Waals surface area contributed by atoms with E-state index in [9.17, 15) is 4.79 Å². The third-order valence-electron chi connectivity index (χ3n) is 2.95. The van der Waals surface area contributed by atoms with Crippen molar-refractivity contribution in [2.45, 2.75) is 26.8 Å². The van der Waals surface area contributed by atoms with E-state index in [1.54, 1.807) is 18.2 Å². The number of carbonyl (C=O) groups is 1. The van der Waals surface area contributed by atoms with E-state index < -0.39 is 0 Å². The Labute approximate surface area is 120 Å². The van der Waals surface area contributed by atoms with Crippen LogP contribution in [-0.4, -0.2) is 15.6 Å². The van der Waals surface area contributed by atoms with E-state index in [-0.39, 0.29) is 5.78 Å². The Hall–Kier alpha value is -1.62. The second-order valence-electron chi connectivity index (χ2n) is 4.43. The van der Waals surface area contributed by atoms with E-state index in [1.807, 2.05) is 24.6 Å². The highest BCUT2D eigenvalue weighted by atomic mass is 79.9. The molecule has 0 aliphatic carbocycles. The molecule has 0 saturated heterocycles. The van der Waals surface area contributed by atoms with Gasteiger partial charge >= 0.3 is 0 Å². The van der Waals surface area contributed by atoms with Crippen LogP contribution in [0.4, 0.5) is 5.69 Å². The number of ketones is 1. The Morgan fingerprint density at radius 2 is 2.16 bits per heavy atom. The van der Waals surface area contributed by atoms with Gasteiger partial charge in [-0.25, -0.2) is 0 Å². The fourth-order valence-electron chi connectivity index (χ4n) is 1.98. The lowest BCUT2D eigenvalue weighted by atomic mass is 10.1. The molecule has 0 fully saturated rings. The molecule has 0 bridgehead atoms. The number of halogens is 1. The molecule has 2 rings (SSSR count). The lowest BCUT2D eigenvalue weighted by molar-refractivity contribution is 0.0990. The molecule has 1 aromatic heterocycles. The third kappa shape index (κ3) is 3.04. The minimum Gasteiger partial charge on any atom is -0.398 e. The van der Waals surface area contributed by atoms with Gasteiger partial charge in [-0.05, 0) is 54.0 Å². The minimum absolute atomic E-state index is 0.0651. The average molecular weight is 322 g/mol. The van der Waals surface area contributed by atoms with Gasteiger partial charge in [0, 0.05) is 28.0 Å². The van der Waals surface area contributed by atoms with Crippen molar-refractivity contribution < 1.29 is 4.79 Å². The summed E-state index contributed by atoms with van der Waals surface area (Å²) in [6, 6.07) is 7.20. The van der Waals surface area contributed by atoms with E-state index in [0.717, 1.165) is 22.4 Å². The van der Waals surface area contributed by atoms with E-state index in [4.69, 9.17) is 5.73 Å². The SMILES string of the molecule is CCn1nc(C)cc1CC(=O)c1ccc(N)c(Br)c1. The quantitative estimate of drug-likeness (QED) is 0.695. The summed E-state index contributed by atoms with van der Waals surface area (Å²) in [7, 11) is 0. The molecule has 100 valence electrons. The smallest absolute Gasteiger partial charge is 0.168 e. The Kier molecular flexibility index (Phi) is 4.04. The topological polar surface area (TPSA) is 60.9 Å². The van der Waals surface area contributed by atoms with Crippen molar-refractivity contribution in [1.82, 2.24) is 9.78 Å². The van der Waals surface area contributed by atoms with Crippen molar-refractivity contribution >= 4 is 27.4 Å². The molecule has 1 aromatic carbocycles. The third-order valence-corrected chi connectivity index (χ3v) is 3.64. The van der Waals surface area contributed by atoms with Crippen LogP contribution in [-0.2, 0) is 13.0 Å². The molecule has 0 saturated carbocycles. The number of benzene rings is 1. The predicted octanol–water partition coefficient (Wildman–Crippen LogP) is 2.98. The Balaban J connectivity index is 2.22. The first kappa shape index (κ1) is 13.8. The molecule has 0 spiro atoms. The second kappa shape index (κ2) is 5.57. The molecule has 0 aliphatic heterocycles. The fourth-order valence-corrected chi connectivity index (χ4v) is 2.36. The summed E-state index contributed by atoms with van der Waals surface area (Å²) in [6.07, 6.45) is 0.352.